The van der Waals surface area contributed by atoms with Crippen LogP contribution in [-0.2, 0) is 4.74 Å². The maximum atomic E-state index is 12.0. The van der Waals surface area contributed by atoms with Crippen molar-refractivity contribution in [3.63, 3.8) is 0 Å². The maximum absolute atomic E-state index is 12.0. The fourth-order valence-electron chi connectivity index (χ4n) is 1.86. The zero-order valence-corrected chi connectivity index (χ0v) is 11.4. The van der Waals surface area contributed by atoms with Crippen molar-refractivity contribution in [1.82, 2.24) is 9.78 Å². The average molecular weight is 298 g/mol. The topological polar surface area (TPSA) is 44.1 Å². The number of ether oxygens (including phenoxy) is 1. The van der Waals surface area contributed by atoms with Crippen LogP contribution < -0.4 is 0 Å². The number of hydrogen-bond donors (Lipinski definition) is 0. The van der Waals surface area contributed by atoms with Gasteiger partial charge >= 0.3 is 12.1 Å². The third-order valence-electron chi connectivity index (χ3n) is 2.72. The van der Waals surface area contributed by atoms with Crippen molar-refractivity contribution in [2.45, 2.75) is 20.0 Å². The van der Waals surface area contributed by atoms with Crippen LogP contribution in [0.4, 0.5) is 13.2 Å². The van der Waals surface area contributed by atoms with Crippen LogP contribution in [0, 0.1) is 13.8 Å². The van der Waals surface area contributed by atoms with E-state index in [1.165, 1.54) is 12.1 Å². The lowest BCUT2D eigenvalue weighted by Crippen LogP contribution is -2.20. The fraction of sp³-hybridized carbons (Fsp3) is 0.286. The molecule has 0 unspecified atom stereocenters. The Hall–Kier alpha value is -2.31. The summed E-state index contributed by atoms with van der Waals surface area (Å²) >= 11 is 0. The third-order valence-corrected chi connectivity index (χ3v) is 2.72. The first-order valence-electron chi connectivity index (χ1n) is 6.14. The van der Waals surface area contributed by atoms with Gasteiger partial charge in [0.1, 0.15) is 0 Å². The van der Waals surface area contributed by atoms with Gasteiger partial charge in [-0.1, -0.05) is 0 Å². The standard InChI is InChI=1S/C14H13F3N2O2/c1-9-7-10(2)19(18-9)12-5-3-11(4-6-12)13(20)21-8-14(15,16)17/h3-7H,8H2,1-2H3. The summed E-state index contributed by atoms with van der Waals surface area (Å²) in [6.07, 6.45) is -4.53. The number of aromatic nitrogens is 2. The van der Waals surface area contributed by atoms with Gasteiger partial charge in [0.05, 0.1) is 16.9 Å². The Labute approximate surface area is 119 Å². The number of esters is 1. The Morgan fingerprint density at radius 2 is 1.86 bits per heavy atom. The summed E-state index contributed by atoms with van der Waals surface area (Å²) in [7, 11) is 0. The average Bonchev–Trinajstić information content (AvgIpc) is 2.74. The van der Waals surface area contributed by atoms with Crippen molar-refractivity contribution < 1.29 is 22.7 Å². The molecule has 1 heterocycles. The maximum Gasteiger partial charge on any atom is 0.422 e. The number of rotatable bonds is 3. The number of hydrogen-bond acceptors (Lipinski definition) is 3. The van der Waals surface area contributed by atoms with E-state index in [1.807, 2.05) is 19.9 Å². The van der Waals surface area contributed by atoms with E-state index in [1.54, 1.807) is 16.8 Å². The zero-order valence-electron chi connectivity index (χ0n) is 11.4. The quantitative estimate of drug-likeness (QED) is 0.817. The van der Waals surface area contributed by atoms with Crippen LogP contribution in [0.15, 0.2) is 30.3 Å². The first-order chi connectivity index (χ1) is 9.76. The molecule has 0 bridgehead atoms. The van der Waals surface area contributed by atoms with E-state index in [9.17, 15) is 18.0 Å². The highest BCUT2D eigenvalue weighted by atomic mass is 19.4. The summed E-state index contributed by atoms with van der Waals surface area (Å²) < 4.78 is 41.8. The second-order valence-electron chi connectivity index (χ2n) is 4.58. The number of halogens is 3. The van der Waals surface area contributed by atoms with E-state index in [2.05, 4.69) is 9.84 Å². The van der Waals surface area contributed by atoms with Crippen LogP contribution in [-0.4, -0.2) is 28.5 Å². The number of aryl methyl sites for hydroxylation is 2. The third kappa shape index (κ3) is 3.84. The molecule has 1 aromatic carbocycles. The van der Waals surface area contributed by atoms with Gasteiger partial charge in [-0.2, -0.15) is 18.3 Å². The van der Waals surface area contributed by atoms with Gasteiger partial charge in [-0.05, 0) is 44.2 Å². The van der Waals surface area contributed by atoms with Gasteiger partial charge in [-0.3, -0.25) is 0 Å². The van der Waals surface area contributed by atoms with Crippen molar-refractivity contribution in [1.29, 1.82) is 0 Å². The summed E-state index contributed by atoms with van der Waals surface area (Å²) in [6, 6.07) is 7.91. The summed E-state index contributed by atoms with van der Waals surface area (Å²) in [5.41, 5.74) is 2.54. The molecule has 2 rings (SSSR count). The van der Waals surface area contributed by atoms with Crippen LogP contribution in [0.5, 0.6) is 0 Å². The molecule has 0 N–H and O–H groups in total. The lowest BCUT2D eigenvalue weighted by Gasteiger charge is -2.08. The van der Waals surface area contributed by atoms with Crippen LogP contribution in [0.3, 0.4) is 0 Å². The van der Waals surface area contributed by atoms with Gasteiger partial charge in [0, 0.05) is 5.69 Å². The molecule has 0 saturated heterocycles. The SMILES string of the molecule is Cc1cc(C)n(-c2ccc(C(=O)OCC(F)(F)F)cc2)n1. The summed E-state index contributed by atoms with van der Waals surface area (Å²) in [6.45, 7) is 2.14. The van der Waals surface area contributed by atoms with Crippen molar-refractivity contribution in [3.05, 3.63) is 47.3 Å². The minimum atomic E-state index is -4.53. The van der Waals surface area contributed by atoms with E-state index in [-0.39, 0.29) is 5.56 Å². The lowest BCUT2D eigenvalue weighted by molar-refractivity contribution is -0.161. The first-order valence-corrected chi connectivity index (χ1v) is 6.14. The Balaban J connectivity index is 2.12. The Bertz CT molecular complexity index is 645. The monoisotopic (exact) mass is 298 g/mol. The molecule has 2 aromatic rings. The molecule has 0 aliphatic heterocycles. The molecule has 0 amide bonds. The van der Waals surface area contributed by atoms with E-state index >= 15 is 0 Å². The zero-order chi connectivity index (χ0) is 15.6. The molecular formula is C14H13F3N2O2. The summed E-state index contributed by atoms with van der Waals surface area (Å²) in [4.78, 5) is 11.5. The van der Waals surface area contributed by atoms with Crippen molar-refractivity contribution in [3.8, 4) is 5.69 Å². The largest absolute Gasteiger partial charge is 0.452 e. The molecule has 1 aromatic heterocycles. The van der Waals surface area contributed by atoms with Crippen molar-refractivity contribution in [2.24, 2.45) is 0 Å². The van der Waals surface area contributed by atoms with Crippen molar-refractivity contribution in [2.75, 3.05) is 6.61 Å². The summed E-state index contributed by atoms with van der Waals surface area (Å²) in [5.74, 6) is -1.01. The highest BCUT2D eigenvalue weighted by Crippen LogP contribution is 2.17. The number of carbonyl (C=O) groups is 1. The van der Waals surface area contributed by atoms with Gasteiger partial charge in [-0.15, -0.1) is 0 Å². The smallest absolute Gasteiger partial charge is 0.422 e. The molecule has 0 fully saturated rings. The molecular weight excluding hydrogens is 285 g/mol. The van der Waals surface area contributed by atoms with E-state index in [4.69, 9.17) is 0 Å². The minimum absolute atomic E-state index is 0.0598. The minimum Gasteiger partial charge on any atom is -0.452 e. The predicted octanol–water partition coefficient (Wildman–Crippen LogP) is 3.21. The molecule has 21 heavy (non-hydrogen) atoms. The number of benzene rings is 1. The van der Waals surface area contributed by atoms with Crippen LogP contribution >= 0.6 is 0 Å². The van der Waals surface area contributed by atoms with Crippen LogP contribution in [0.1, 0.15) is 21.7 Å². The van der Waals surface area contributed by atoms with Gasteiger partial charge in [0.15, 0.2) is 6.61 Å². The highest BCUT2D eigenvalue weighted by molar-refractivity contribution is 5.89. The van der Waals surface area contributed by atoms with E-state index < -0.39 is 18.8 Å². The molecule has 112 valence electrons. The Morgan fingerprint density at radius 3 is 2.33 bits per heavy atom. The van der Waals surface area contributed by atoms with E-state index in [0.29, 0.717) is 5.69 Å². The predicted molar refractivity (Wildman–Crippen MR) is 69.4 cm³/mol. The Kier molecular flexibility index (Phi) is 4.02. The second-order valence-corrected chi connectivity index (χ2v) is 4.58. The van der Waals surface area contributed by atoms with Gasteiger partial charge in [0.25, 0.3) is 0 Å². The van der Waals surface area contributed by atoms with Gasteiger partial charge in [-0.25, -0.2) is 9.48 Å². The molecule has 0 atom stereocenters. The highest BCUT2D eigenvalue weighted by Gasteiger charge is 2.29. The van der Waals surface area contributed by atoms with Gasteiger partial charge < -0.3 is 4.74 Å². The van der Waals surface area contributed by atoms with Gasteiger partial charge in [0.2, 0.25) is 0 Å². The molecule has 7 heteroatoms. The normalized spacial score (nSPS) is 11.5. The Morgan fingerprint density at radius 1 is 1.24 bits per heavy atom. The van der Waals surface area contributed by atoms with E-state index in [0.717, 1.165) is 11.4 Å². The molecule has 0 aliphatic rings. The molecule has 0 aliphatic carbocycles. The summed E-state index contributed by atoms with van der Waals surface area (Å²) in [5, 5.41) is 4.28. The fourth-order valence-corrected chi connectivity index (χ4v) is 1.86. The van der Waals surface area contributed by atoms with Crippen molar-refractivity contribution >= 4 is 5.97 Å². The molecule has 0 radical (unpaired) electrons. The molecule has 0 spiro atoms. The lowest BCUT2D eigenvalue weighted by atomic mass is 10.2. The van der Waals surface area contributed by atoms with Crippen LogP contribution in [0.2, 0.25) is 0 Å². The number of alkyl halides is 3. The number of carbonyl (C=O) groups excluding carboxylic acids is 1. The second kappa shape index (κ2) is 5.59. The number of nitrogens with zero attached hydrogens (tertiary/aromatic N) is 2. The van der Waals surface area contributed by atoms with Crippen LogP contribution in [0.25, 0.3) is 5.69 Å². The molecule has 4 nitrogen and oxygen atoms in total. The first kappa shape index (κ1) is 15.1. The molecule has 0 saturated carbocycles.